The van der Waals surface area contributed by atoms with E-state index in [2.05, 4.69) is 11.8 Å². The van der Waals surface area contributed by atoms with Crippen molar-refractivity contribution in [1.82, 2.24) is 14.6 Å². The molecule has 0 saturated heterocycles. The maximum absolute atomic E-state index is 14.9. The Hall–Kier alpha value is -2.65. The van der Waals surface area contributed by atoms with E-state index in [1.165, 1.54) is 12.1 Å². The maximum Gasteiger partial charge on any atom is 0.267 e. The van der Waals surface area contributed by atoms with E-state index >= 15 is 0 Å². The number of amides is 1. The predicted molar refractivity (Wildman–Crippen MR) is 135 cm³/mol. The highest BCUT2D eigenvalue weighted by Crippen LogP contribution is 2.46. The standard InChI is InChI=1S/C26H29ClFN3O4S/c1-15(23-10-9-21(27)25(29-23)17-7-8-17)31-11-3-4-18(14-31)35-24-13-22(28)20(12-19(24)16-5-6-16)26(32)30-36(2,33)34/h3,9-13,15-18H,4-8,14H2,1-2H3,(H,30,32)/t15-,18-/m1/s1. The lowest BCUT2D eigenvalue weighted by atomic mass is 10.0. The molecule has 1 aliphatic heterocycles. The number of pyridine rings is 1. The van der Waals surface area contributed by atoms with E-state index in [0.717, 1.165) is 48.9 Å². The third kappa shape index (κ3) is 5.67. The topological polar surface area (TPSA) is 88.6 Å². The van der Waals surface area contributed by atoms with Crippen molar-refractivity contribution in [2.24, 2.45) is 0 Å². The summed E-state index contributed by atoms with van der Waals surface area (Å²) in [4.78, 5) is 19.3. The molecule has 0 spiro atoms. The smallest absolute Gasteiger partial charge is 0.267 e. The molecule has 0 radical (unpaired) electrons. The number of nitrogens with zero attached hydrogens (tertiary/aromatic N) is 2. The zero-order chi connectivity index (χ0) is 25.6. The predicted octanol–water partition coefficient (Wildman–Crippen LogP) is 5.05. The fourth-order valence-corrected chi connectivity index (χ4v) is 5.28. The van der Waals surface area contributed by atoms with E-state index < -0.39 is 21.7 Å². The van der Waals surface area contributed by atoms with Gasteiger partial charge < -0.3 is 9.64 Å². The largest absolute Gasteiger partial charge is 0.488 e. The molecule has 36 heavy (non-hydrogen) atoms. The van der Waals surface area contributed by atoms with Crippen LogP contribution in [0, 0.1) is 5.82 Å². The summed E-state index contributed by atoms with van der Waals surface area (Å²) < 4.78 is 45.9. The Kier molecular flexibility index (Phi) is 6.72. The van der Waals surface area contributed by atoms with Gasteiger partial charge in [0.1, 0.15) is 17.7 Å². The molecule has 1 aromatic carbocycles. The van der Waals surface area contributed by atoms with Crippen LogP contribution in [0.3, 0.4) is 0 Å². The van der Waals surface area contributed by atoms with Gasteiger partial charge in [-0.2, -0.15) is 0 Å². The lowest BCUT2D eigenvalue weighted by Crippen LogP contribution is -2.37. The van der Waals surface area contributed by atoms with Gasteiger partial charge in [0, 0.05) is 18.4 Å². The first-order valence-electron chi connectivity index (χ1n) is 12.2. The van der Waals surface area contributed by atoms with Gasteiger partial charge in [-0.25, -0.2) is 17.5 Å². The van der Waals surface area contributed by atoms with E-state index in [9.17, 15) is 17.6 Å². The fourth-order valence-electron chi connectivity index (χ4n) is 4.57. The zero-order valence-electron chi connectivity index (χ0n) is 20.2. The highest BCUT2D eigenvalue weighted by molar-refractivity contribution is 7.89. The van der Waals surface area contributed by atoms with Gasteiger partial charge >= 0.3 is 0 Å². The average Bonchev–Trinajstić information content (AvgIpc) is 3.72. The third-order valence-corrected chi connectivity index (χ3v) is 7.70. The number of halogens is 2. The minimum absolute atomic E-state index is 0.00381. The SMILES string of the molecule is C[C@H](c1ccc(Cl)c(C2CC2)n1)N1C=CC[C@@H](Oc2cc(F)c(C(=O)NS(C)(=O)=O)cc2C2CC2)C1. The molecule has 0 unspecified atom stereocenters. The van der Waals surface area contributed by atoms with Crippen LogP contribution < -0.4 is 9.46 Å². The lowest BCUT2D eigenvalue weighted by Gasteiger charge is -2.34. The molecule has 2 aliphatic carbocycles. The van der Waals surface area contributed by atoms with Gasteiger partial charge in [-0.1, -0.05) is 17.7 Å². The van der Waals surface area contributed by atoms with E-state index in [1.807, 2.05) is 29.1 Å². The first kappa shape index (κ1) is 25.0. The second-order valence-electron chi connectivity index (χ2n) is 9.96. The van der Waals surface area contributed by atoms with Gasteiger partial charge in [-0.05, 0) is 68.5 Å². The number of nitrogens with one attached hydrogen (secondary N) is 1. The number of benzene rings is 1. The van der Waals surface area contributed by atoms with Crippen LogP contribution in [0.2, 0.25) is 5.02 Å². The van der Waals surface area contributed by atoms with Gasteiger partial charge in [0.25, 0.3) is 5.91 Å². The highest BCUT2D eigenvalue weighted by atomic mass is 35.5. The van der Waals surface area contributed by atoms with Gasteiger partial charge in [0.15, 0.2) is 0 Å². The van der Waals surface area contributed by atoms with Crippen LogP contribution in [0.25, 0.3) is 0 Å². The molecule has 1 aromatic heterocycles. The molecule has 0 bridgehead atoms. The van der Waals surface area contributed by atoms with Gasteiger partial charge in [-0.3, -0.25) is 9.78 Å². The Morgan fingerprint density at radius 2 is 1.94 bits per heavy atom. The van der Waals surface area contributed by atoms with Crippen molar-refractivity contribution >= 4 is 27.5 Å². The Labute approximate surface area is 215 Å². The van der Waals surface area contributed by atoms with E-state index in [0.29, 0.717) is 29.7 Å². The molecular weight excluding hydrogens is 505 g/mol. The lowest BCUT2D eigenvalue weighted by molar-refractivity contribution is 0.0977. The molecule has 2 heterocycles. The number of sulfonamides is 1. The molecular formula is C26H29ClFN3O4S. The summed E-state index contributed by atoms with van der Waals surface area (Å²) in [6.45, 7) is 2.67. The molecule has 1 amide bonds. The molecule has 2 fully saturated rings. The van der Waals surface area contributed by atoms with Crippen molar-refractivity contribution in [2.75, 3.05) is 12.8 Å². The molecule has 7 nitrogen and oxygen atoms in total. The van der Waals surface area contributed by atoms with E-state index in [-0.39, 0.29) is 23.6 Å². The number of carbonyl (C=O) groups is 1. The average molecular weight is 534 g/mol. The summed E-state index contributed by atoms with van der Waals surface area (Å²) in [7, 11) is -3.81. The second kappa shape index (κ2) is 9.67. The molecule has 2 atom stereocenters. The summed E-state index contributed by atoms with van der Waals surface area (Å²) in [5.41, 5.74) is 2.35. The van der Waals surface area contributed by atoms with Crippen molar-refractivity contribution < 1.29 is 22.3 Å². The van der Waals surface area contributed by atoms with Crippen molar-refractivity contribution in [2.45, 2.75) is 63.0 Å². The molecule has 5 rings (SSSR count). The van der Waals surface area contributed by atoms with Crippen molar-refractivity contribution in [1.29, 1.82) is 0 Å². The fraction of sp³-hybridized carbons (Fsp3) is 0.462. The molecule has 2 saturated carbocycles. The number of carbonyl (C=O) groups excluding carboxylic acids is 1. The molecule has 2 aromatic rings. The Morgan fingerprint density at radius 1 is 1.22 bits per heavy atom. The Balaban J connectivity index is 1.33. The van der Waals surface area contributed by atoms with E-state index in [1.54, 1.807) is 0 Å². The van der Waals surface area contributed by atoms with Crippen LogP contribution in [-0.4, -0.2) is 43.1 Å². The van der Waals surface area contributed by atoms with Gasteiger partial charge in [0.05, 0.1) is 40.8 Å². The van der Waals surface area contributed by atoms with Crippen molar-refractivity contribution in [3.63, 3.8) is 0 Å². The highest BCUT2D eigenvalue weighted by Gasteiger charge is 2.32. The number of hydrogen-bond acceptors (Lipinski definition) is 6. The molecule has 192 valence electrons. The summed E-state index contributed by atoms with van der Waals surface area (Å²) in [6, 6.07) is 6.52. The number of ether oxygens (including phenoxy) is 1. The summed E-state index contributed by atoms with van der Waals surface area (Å²) in [5.74, 6) is -0.774. The molecule has 3 aliphatic rings. The van der Waals surface area contributed by atoms with Crippen molar-refractivity contribution in [3.8, 4) is 5.75 Å². The van der Waals surface area contributed by atoms with Crippen LogP contribution in [-0.2, 0) is 10.0 Å². The van der Waals surface area contributed by atoms with Crippen LogP contribution in [0.15, 0.2) is 36.5 Å². The van der Waals surface area contributed by atoms with Crippen LogP contribution >= 0.6 is 11.6 Å². The Morgan fingerprint density at radius 3 is 2.61 bits per heavy atom. The zero-order valence-corrected chi connectivity index (χ0v) is 21.8. The van der Waals surface area contributed by atoms with Gasteiger partial charge in [-0.15, -0.1) is 0 Å². The van der Waals surface area contributed by atoms with Gasteiger partial charge in [0.2, 0.25) is 10.0 Å². The summed E-state index contributed by atoms with van der Waals surface area (Å²) in [5, 5.41) is 0.715. The molecule has 1 N–H and O–H groups in total. The van der Waals surface area contributed by atoms with Crippen LogP contribution in [0.4, 0.5) is 4.39 Å². The minimum Gasteiger partial charge on any atom is -0.488 e. The monoisotopic (exact) mass is 533 g/mol. The first-order chi connectivity index (χ1) is 17.1. The summed E-state index contributed by atoms with van der Waals surface area (Å²) >= 11 is 6.36. The normalized spacial score (nSPS) is 20.8. The van der Waals surface area contributed by atoms with Crippen molar-refractivity contribution in [3.05, 3.63) is 69.9 Å². The van der Waals surface area contributed by atoms with Crippen LogP contribution in [0.5, 0.6) is 5.75 Å². The number of aromatic nitrogens is 1. The molecule has 10 heteroatoms. The van der Waals surface area contributed by atoms with Crippen LogP contribution in [0.1, 0.15) is 84.2 Å². The maximum atomic E-state index is 14.9. The number of rotatable bonds is 8. The second-order valence-corrected chi connectivity index (χ2v) is 12.1. The third-order valence-electron chi connectivity index (χ3n) is 6.83. The summed E-state index contributed by atoms with van der Waals surface area (Å²) in [6.07, 6.45) is 9.44. The first-order valence-corrected chi connectivity index (χ1v) is 14.5. The quantitative estimate of drug-likeness (QED) is 0.511. The Bertz CT molecular complexity index is 1320. The number of hydrogen-bond donors (Lipinski definition) is 1. The van der Waals surface area contributed by atoms with E-state index in [4.69, 9.17) is 21.3 Å². The minimum atomic E-state index is -3.81.